The lowest BCUT2D eigenvalue weighted by atomic mass is 9.61. The molecule has 6 nitrogen and oxygen atoms in total. The third-order valence-electron chi connectivity index (χ3n) is 5.60. The fraction of sp³-hybridized carbons (Fsp3) is 0.375. The molecular weight excluding hydrogens is 410 g/mol. The maximum atomic E-state index is 13.9. The molecule has 1 heterocycles. The van der Waals surface area contributed by atoms with Gasteiger partial charge in [-0.2, -0.15) is 5.26 Å². The number of nitrogens with one attached hydrogen (secondary N) is 2. The largest absolute Gasteiger partial charge is 0.497 e. The number of benzene rings is 2. The molecule has 7 heteroatoms. The number of nitrogens with zero attached hydrogens (tertiary/aromatic N) is 1. The Morgan fingerprint density at radius 1 is 0.935 bits per heavy atom. The Hall–Kier alpha value is -3.11. The molecule has 0 amide bonds. The number of ether oxygens (including phenoxy) is 2. The van der Waals surface area contributed by atoms with Gasteiger partial charge in [-0.05, 0) is 47.6 Å². The van der Waals surface area contributed by atoms with E-state index in [-0.39, 0.29) is 5.78 Å². The van der Waals surface area contributed by atoms with Crippen molar-refractivity contribution in [2.24, 2.45) is 10.8 Å². The first-order valence-electron chi connectivity index (χ1n) is 9.98. The van der Waals surface area contributed by atoms with Crippen LogP contribution in [0.25, 0.3) is 0 Å². The zero-order valence-electron chi connectivity index (χ0n) is 18.4. The van der Waals surface area contributed by atoms with Gasteiger partial charge in [0, 0.05) is 5.41 Å². The lowest BCUT2D eigenvalue weighted by molar-refractivity contribution is -0.137. The quantitative estimate of drug-likeness (QED) is 0.682. The van der Waals surface area contributed by atoms with E-state index < -0.39 is 22.9 Å². The van der Waals surface area contributed by atoms with E-state index in [1.165, 1.54) is 0 Å². The Morgan fingerprint density at radius 3 is 1.61 bits per heavy atom. The molecule has 1 saturated heterocycles. The smallest absolute Gasteiger partial charge is 0.167 e. The van der Waals surface area contributed by atoms with Crippen LogP contribution in [-0.4, -0.2) is 25.1 Å². The molecule has 0 aromatic heterocycles. The molecule has 31 heavy (non-hydrogen) atoms. The van der Waals surface area contributed by atoms with E-state index in [1.54, 1.807) is 14.2 Å². The number of ketones is 1. The molecular formula is C24H27N3O3S. The normalized spacial score (nSPS) is 20.1. The Bertz CT molecular complexity index is 945. The molecule has 0 spiro atoms. The van der Waals surface area contributed by atoms with Gasteiger partial charge in [0.25, 0.3) is 0 Å². The van der Waals surface area contributed by atoms with Gasteiger partial charge >= 0.3 is 0 Å². The number of methoxy groups -OCH3 is 2. The summed E-state index contributed by atoms with van der Waals surface area (Å²) >= 11 is 5.50. The summed E-state index contributed by atoms with van der Waals surface area (Å²) in [6.45, 7) is 5.49. The number of Topliss-reactive ketones (excluding diaryl/α,β-unsaturated/α-hetero) is 1. The van der Waals surface area contributed by atoms with Gasteiger partial charge in [0.2, 0.25) is 0 Å². The molecule has 162 valence electrons. The van der Waals surface area contributed by atoms with Crippen LogP contribution in [0.15, 0.2) is 48.5 Å². The second-order valence-electron chi connectivity index (χ2n) is 8.59. The Morgan fingerprint density at radius 2 is 1.32 bits per heavy atom. The minimum atomic E-state index is -1.45. The lowest BCUT2D eigenvalue weighted by Gasteiger charge is -2.48. The average molecular weight is 438 g/mol. The van der Waals surface area contributed by atoms with E-state index in [1.807, 2.05) is 69.3 Å². The van der Waals surface area contributed by atoms with Crippen molar-refractivity contribution >= 4 is 23.1 Å². The summed E-state index contributed by atoms with van der Waals surface area (Å²) in [6, 6.07) is 15.8. The van der Waals surface area contributed by atoms with Crippen LogP contribution >= 0.6 is 12.2 Å². The first kappa shape index (κ1) is 22.6. The summed E-state index contributed by atoms with van der Waals surface area (Å²) in [4.78, 5) is 13.9. The predicted octanol–water partition coefficient (Wildman–Crippen LogP) is 4.09. The molecule has 1 aliphatic heterocycles. The fourth-order valence-corrected chi connectivity index (χ4v) is 4.28. The minimum absolute atomic E-state index is 0.174. The van der Waals surface area contributed by atoms with Crippen molar-refractivity contribution in [1.82, 2.24) is 10.6 Å². The minimum Gasteiger partial charge on any atom is -0.497 e. The Balaban J connectivity index is 2.23. The second-order valence-corrected chi connectivity index (χ2v) is 9.00. The molecule has 1 aliphatic rings. The van der Waals surface area contributed by atoms with Crippen molar-refractivity contribution in [1.29, 1.82) is 5.26 Å². The molecule has 0 radical (unpaired) electrons. The summed E-state index contributed by atoms with van der Waals surface area (Å²) in [6.07, 6.45) is 0. The van der Waals surface area contributed by atoms with Crippen LogP contribution in [-0.2, 0) is 4.79 Å². The van der Waals surface area contributed by atoms with Gasteiger partial charge in [0.15, 0.2) is 16.3 Å². The molecule has 2 N–H and O–H groups in total. The number of hydrogen-bond acceptors (Lipinski definition) is 5. The van der Waals surface area contributed by atoms with Crippen LogP contribution in [0.4, 0.5) is 0 Å². The van der Waals surface area contributed by atoms with E-state index in [9.17, 15) is 10.1 Å². The van der Waals surface area contributed by atoms with E-state index in [4.69, 9.17) is 21.7 Å². The molecule has 0 unspecified atom stereocenters. The van der Waals surface area contributed by atoms with E-state index in [2.05, 4.69) is 16.7 Å². The second kappa shape index (κ2) is 8.56. The first-order chi connectivity index (χ1) is 14.7. The number of thiocarbonyl (C=S) groups is 1. The van der Waals surface area contributed by atoms with Crippen molar-refractivity contribution in [2.75, 3.05) is 14.2 Å². The lowest BCUT2D eigenvalue weighted by Crippen LogP contribution is -2.62. The molecule has 0 saturated carbocycles. The number of hydrogen-bond donors (Lipinski definition) is 2. The van der Waals surface area contributed by atoms with Gasteiger partial charge in [0.1, 0.15) is 11.5 Å². The summed E-state index contributed by atoms with van der Waals surface area (Å²) in [5.74, 6) is 1.21. The van der Waals surface area contributed by atoms with E-state index in [0.29, 0.717) is 16.6 Å². The summed E-state index contributed by atoms with van der Waals surface area (Å²) in [5.41, 5.74) is -0.651. The third kappa shape index (κ3) is 4.08. The highest BCUT2D eigenvalue weighted by Gasteiger charge is 2.58. The zero-order valence-corrected chi connectivity index (χ0v) is 19.2. The van der Waals surface area contributed by atoms with Gasteiger partial charge < -0.3 is 20.1 Å². The van der Waals surface area contributed by atoms with Gasteiger partial charge in [-0.15, -0.1) is 0 Å². The van der Waals surface area contributed by atoms with Crippen molar-refractivity contribution < 1.29 is 14.3 Å². The highest BCUT2D eigenvalue weighted by molar-refractivity contribution is 7.80. The zero-order chi connectivity index (χ0) is 22.8. The molecule has 2 atom stereocenters. The molecule has 2 aromatic rings. The van der Waals surface area contributed by atoms with Crippen molar-refractivity contribution in [3.05, 3.63) is 59.7 Å². The van der Waals surface area contributed by atoms with Crippen LogP contribution in [0.1, 0.15) is 44.0 Å². The van der Waals surface area contributed by atoms with Crippen molar-refractivity contribution in [2.45, 2.75) is 32.9 Å². The summed E-state index contributed by atoms with van der Waals surface area (Å²) in [5, 5.41) is 17.4. The summed E-state index contributed by atoms with van der Waals surface area (Å²) < 4.78 is 10.5. The molecule has 2 aromatic carbocycles. The Labute approximate surface area is 188 Å². The average Bonchev–Trinajstić information content (AvgIpc) is 2.77. The predicted molar refractivity (Wildman–Crippen MR) is 123 cm³/mol. The molecule has 0 aliphatic carbocycles. The molecule has 0 bridgehead atoms. The maximum Gasteiger partial charge on any atom is 0.167 e. The highest BCUT2D eigenvalue weighted by atomic mass is 32.1. The number of rotatable bonds is 5. The number of carbonyl (C=O) groups is 1. The maximum absolute atomic E-state index is 13.9. The highest BCUT2D eigenvalue weighted by Crippen LogP contribution is 2.50. The first-order valence-corrected chi connectivity index (χ1v) is 10.4. The van der Waals surface area contributed by atoms with E-state index in [0.717, 1.165) is 11.1 Å². The van der Waals surface area contributed by atoms with Gasteiger partial charge in [0.05, 0.1) is 32.4 Å². The Kier molecular flexibility index (Phi) is 6.23. The van der Waals surface area contributed by atoms with Crippen LogP contribution in [0, 0.1) is 22.2 Å². The standard InChI is InChI=1S/C24H27N3O3S/c1-23(2,3)21(28)24(14-25)19(15-6-10-17(29-4)11-7-15)26-22(31)27-20(24)16-8-12-18(30-5)13-9-16/h6-13,19-20H,1-5H3,(H2,26,27,31)/t19-,20-/m1/s1. The van der Waals surface area contributed by atoms with Crippen molar-refractivity contribution in [3.63, 3.8) is 0 Å². The van der Waals surface area contributed by atoms with Gasteiger partial charge in [-0.3, -0.25) is 4.79 Å². The van der Waals surface area contributed by atoms with Gasteiger partial charge in [-0.1, -0.05) is 45.0 Å². The van der Waals surface area contributed by atoms with Crippen molar-refractivity contribution in [3.8, 4) is 17.6 Å². The fourth-order valence-electron chi connectivity index (χ4n) is 4.05. The topological polar surface area (TPSA) is 83.4 Å². The summed E-state index contributed by atoms with van der Waals surface area (Å²) in [7, 11) is 3.19. The van der Waals surface area contributed by atoms with E-state index >= 15 is 0 Å². The number of carbonyl (C=O) groups excluding carboxylic acids is 1. The van der Waals surface area contributed by atoms with Crippen LogP contribution in [0.2, 0.25) is 0 Å². The SMILES string of the molecule is COc1ccc([C@H]2NC(=S)N[C@H](c3ccc(OC)cc3)C2(C#N)C(=O)C(C)(C)C)cc1. The molecule has 1 fully saturated rings. The van der Waals surface area contributed by atoms with Crippen LogP contribution in [0.3, 0.4) is 0 Å². The molecule has 3 rings (SSSR count). The third-order valence-corrected chi connectivity index (χ3v) is 5.84. The van der Waals surface area contributed by atoms with Crippen LogP contribution < -0.4 is 20.1 Å². The van der Waals surface area contributed by atoms with Crippen LogP contribution in [0.5, 0.6) is 11.5 Å². The monoisotopic (exact) mass is 437 g/mol. The number of nitriles is 1. The van der Waals surface area contributed by atoms with Gasteiger partial charge in [-0.25, -0.2) is 0 Å².